The van der Waals surface area contributed by atoms with Crippen molar-refractivity contribution in [2.45, 2.75) is 6.42 Å². The van der Waals surface area contributed by atoms with Gasteiger partial charge in [0.1, 0.15) is 0 Å². The van der Waals surface area contributed by atoms with E-state index in [4.69, 9.17) is 11.6 Å². The third kappa shape index (κ3) is 4.05. The van der Waals surface area contributed by atoms with E-state index in [9.17, 15) is 4.79 Å². The molecular formula is C12H10ClIN2O2S. The molecule has 2 aromatic rings. The van der Waals surface area contributed by atoms with Gasteiger partial charge in [-0.2, -0.15) is 0 Å². The number of hydrogen-bond acceptors (Lipinski definition) is 5. The van der Waals surface area contributed by atoms with E-state index in [1.807, 2.05) is 23.6 Å². The number of ether oxygens (including phenoxy) is 1. The first-order valence-electron chi connectivity index (χ1n) is 5.32. The second-order valence-corrected chi connectivity index (χ2v) is 6.16. The van der Waals surface area contributed by atoms with E-state index in [1.165, 1.54) is 18.4 Å². The van der Waals surface area contributed by atoms with E-state index in [-0.39, 0.29) is 12.4 Å². The van der Waals surface area contributed by atoms with E-state index in [1.54, 1.807) is 0 Å². The molecule has 0 spiro atoms. The Labute approximate surface area is 133 Å². The maximum absolute atomic E-state index is 11.1. The van der Waals surface area contributed by atoms with Crippen molar-refractivity contribution in [3.63, 3.8) is 0 Å². The fraction of sp³-hybridized carbons (Fsp3) is 0.167. The number of nitrogens with one attached hydrogen (secondary N) is 1. The Morgan fingerprint density at radius 3 is 3.11 bits per heavy atom. The lowest BCUT2D eigenvalue weighted by atomic mass is 10.3. The zero-order chi connectivity index (χ0) is 13.8. The zero-order valence-electron chi connectivity index (χ0n) is 9.94. The van der Waals surface area contributed by atoms with Crippen LogP contribution in [-0.4, -0.2) is 18.1 Å². The summed E-state index contributed by atoms with van der Waals surface area (Å²) < 4.78 is 5.68. The molecule has 0 saturated heterocycles. The molecule has 4 nitrogen and oxygen atoms in total. The fourth-order valence-electron chi connectivity index (χ4n) is 1.37. The minimum atomic E-state index is -0.302. The summed E-state index contributed by atoms with van der Waals surface area (Å²) >= 11 is 9.73. The topological polar surface area (TPSA) is 51.2 Å². The molecule has 0 amide bonds. The van der Waals surface area contributed by atoms with E-state index in [0.717, 1.165) is 9.26 Å². The van der Waals surface area contributed by atoms with Crippen LogP contribution >= 0.6 is 45.5 Å². The van der Waals surface area contributed by atoms with Crippen molar-refractivity contribution in [1.82, 2.24) is 4.98 Å². The van der Waals surface area contributed by atoms with E-state index in [0.29, 0.717) is 15.8 Å². The van der Waals surface area contributed by atoms with Gasteiger partial charge in [-0.15, -0.1) is 11.3 Å². The lowest BCUT2D eigenvalue weighted by Crippen LogP contribution is -2.04. The number of hydrogen-bond donors (Lipinski definition) is 1. The predicted molar refractivity (Wildman–Crippen MR) is 85.3 cm³/mol. The summed E-state index contributed by atoms with van der Waals surface area (Å²) in [6, 6.07) is 5.69. The molecular weight excluding hydrogens is 399 g/mol. The van der Waals surface area contributed by atoms with Crippen molar-refractivity contribution < 1.29 is 9.53 Å². The van der Waals surface area contributed by atoms with Gasteiger partial charge in [0.15, 0.2) is 5.13 Å². The fourth-order valence-corrected chi connectivity index (χ4v) is 2.75. The first-order chi connectivity index (χ1) is 9.08. The predicted octanol–water partition coefficient (Wildman–Crippen LogP) is 3.86. The third-order valence-electron chi connectivity index (χ3n) is 2.27. The zero-order valence-corrected chi connectivity index (χ0v) is 13.7. The number of esters is 1. The second-order valence-electron chi connectivity index (χ2n) is 3.65. The van der Waals surface area contributed by atoms with Crippen molar-refractivity contribution in [3.8, 4) is 0 Å². The largest absolute Gasteiger partial charge is 0.469 e. The maximum Gasteiger partial charge on any atom is 0.311 e. The number of anilines is 2. The molecule has 0 unspecified atom stereocenters. The van der Waals surface area contributed by atoms with Gasteiger partial charge in [-0.1, -0.05) is 11.6 Å². The van der Waals surface area contributed by atoms with Gasteiger partial charge in [0.05, 0.1) is 29.9 Å². The SMILES string of the molecule is COC(=O)Cc1csc(Nc2cc(I)ccc2Cl)n1. The maximum atomic E-state index is 11.1. The molecule has 1 heterocycles. The molecule has 0 aliphatic carbocycles. The number of carbonyl (C=O) groups is 1. The van der Waals surface area contributed by atoms with Crippen LogP contribution in [0.2, 0.25) is 5.02 Å². The average molecular weight is 409 g/mol. The third-order valence-corrected chi connectivity index (χ3v) is 4.08. The van der Waals surface area contributed by atoms with Crippen LogP contribution in [0.5, 0.6) is 0 Å². The summed E-state index contributed by atoms with van der Waals surface area (Å²) in [5.74, 6) is -0.302. The van der Waals surface area contributed by atoms with Crippen LogP contribution in [0, 0.1) is 3.57 Å². The van der Waals surface area contributed by atoms with Crippen LogP contribution in [0.25, 0.3) is 0 Å². The summed E-state index contributed by atoms with van der Waals surface area (Å²) in [6.45, 7) is 0. The molecule has 0 radical (unpaired) electrons. The number of halogens is 2. The van der Waals surface area contributed by atoms with Gasteiger partial charge in [0.25, 0.3) is 0 Å². The van der Waals surface area contributed by atoms with Gasteiger partial charge in [-0.25, -0.2) is 4.98 Å². The molecule has 1 aromatic carbocycles. The highest BCUT2D eigenvalue weighted by Gasteiger charge is 2.09. The lowest BCUT2D eigenvalue weighted by molar-refractivity contribution is -0.139. The monoisotopic (exact) mass is 408 g/mol. The van der Waals surface area contributed by atoms with E-state index >= 15 is 0 Å². The molecule has 0 saturated carbocycles. The number of methoxy groups -OCH3 is 1. The number of thiazole rings is 1. The molecule has 1 aromatic heterocycles. The van der Waals surface area contributed by atoms with Crippen molar-refractivity contribution >= 4 is 62.3 Å². The van der Waals surface area contributed by atoms with Gasteiger partial charge >= 0.3 is 5.97 Å². The number of rotatable bonds is 4. The smallest absolute Gasteiger partial charge is 0.311 e. The summed E-state index contributed by atoms with van der Waals surface area (Å²) in [4.78, 5) is 15.5. The highest BCUT2D eigenvalue weighted by Crippen LogP contribution is 2.28. The molecule has 19 heavy (non-hydrogen) atoms. The van der Waals surface area contributed by atoms with Crippen molar-refractivity contribution in [2.75, 3.05) is 12.4 Å². The van der Waals surface area contributed by atoms with Crippen LogP contribution < -0.4 is 5.32 Å². The first-order valence-corrected chi connectivity index (χ1v) is 7.65. The quantitative estimate of drug-likeness (QED) is 0.616. The molecule has 2 rings (SSSR count). The second kappa shape index (κ2) is 6.53. The molecule has 1 N–H and O–H groups in total. The molecule has 100 valence electrons. The minimum Gasteiger partial charge on any atom is -0.469 e. The Balaban J connectivity index is 2.11. The van der Waals surface area contributed by atoms with Gasteiger partial charge in [0.2, 0.25) is 0 Å². The van der Waals surface area contributed by atoms with E-state index in [2.05, 4.69) is 37.6 Å². The molecule has 0 fully saturated rings. The summed E-state index contributed by atoms with van der Waals surface area (Å²) in [5.41, 5.74) is 1.48. The summed E-state index contributed by atoms with van der Waals surface area (Å²) in [5, 5.41) is 6.29. The summed E-state index contributed by atoms with van der Waals surface area (Å²) in [6.07, 6.45) is 0.175. The van der Waals surface area contributed by atoms with Crippen LogP contribution in [0.3, 0.4) is 0 Å². The first kappa shape index (κ1) is 14.5. The van der Waals surface area contributed by atoms with Crippen LogP contribution in [0.4, 0.5) is 10.8 Å². The van der Waals surface area contributed by atoms with Gasteiger partial charge in [-0.3, -0.25) is 4.79 Å². The number of nitrogens with zero attached hydrogens (tertiary/aromatic N) is 1. The number of aromatic nitrogens is 1. The number of benzene rings is 1. The number of carbonyl (C=O) groups excluding carboxylic acids is 1. The minimum absolute atomic E-state index is 0.175. The van der Waals surface area contributed by atoms with Gasteiger partial charge in [-0.05, 0) is 40.8 Å². The van der Waals surface area contributed by atoms with Crippen molar-refractivity contribution in [1.29, 1.82) is 0 Å². The Morgan fingerprint density at radius 1 is 1.58 bits per heavy atom. The highest BCUT2D eigenvalue weighted by molar-refractivity contribution is 14.1. The molecule has 0 atom stereocenters. The standard InChI is InChI=1S/C12H10ClIN2O2S/c1-18-11(17)5-8-6-19-12(15-8)16-10-4-7(14)2-3-9(10)13/h2-4,6H,5H2,1H3,(H,15,16). The van der Waals surface area contributed by atoms with E-state index < -0.39 is 0 Å². The molecule has 0 aliphatic heterocycles. The average Bonchev–Trinajstić information content (AvgIpc) is 2.81. The Hall–Kier alpha value is -0.860. The molecule has 0 bridgehead atoms. The highest BCUT2D eigenvalue weighted by atomic mass is 127. The van der Waals surface area contributed by atoms with Crippen molar-refractivity contribution in [2.24, 2.45) is 0 Å². The van der Waals surface area contributed by atoms with Gasteiger partial charge < -0.3 is 10.1 Å². The Morgan fingerprint density at radius 2 is 2.37 bits per heavy atom. The normalized spacial score (nSPS) is 10.3. The van der Waals surface area contributed by atoms with Crippen LogP contribution in [0.15, 0.2) is 23.6 Å². The van der Waals surface area contributed by atoms with Crippen molar-refractivity contribution in [3.05, 3.63) is 37.9 Å². The van der Waals surface area contributed by atoms with Crippen LogP contribution in [-0.2, 0) is 16.0 Å². The molecule has 7 heteroatoms. The lowest BCUT2D eigenvalue weighted by Gasteiger charge is -2.05. The Kier molecular flexibility index (Phi) is 5.00. The van der Waals surface area contributed by atoms with Crippen LogP contribution in [0.1, 0.15) is 5.69 Å². The Bertz CT molecular complexity index is 603. The van der Waals surface area contributed by atoms with Gasteiger partial charge in [0, 0.05) is 8.95 Å². The molecule has 0 aliphatic rings. The summed E-state index contributed by atoms with van der Waals surface area (Å²) in [7, 11) is 1.36.